The molecule has 0 atom stereocenters. The van der Waals surface area contributed by atoms with Crippen molar-refractivity contribution < 1.29 is 4.74 Å². The molecule has 1 aromatic heterocycles. The van der Waals surface area contributed by atoms with E-state index in [9.17, 15) is 0 Å². The maximum Gasteiger partial charge on any atom is 0.191 e. The first-order chi connectivity index (χ1) is 13.3. The summed E-state index contributed by atoms with van der Waals surface area (Å²) >= 11 is 0. The molecule has 3 rings (SSSR count). The van der Waals surface area contributed by atoms with Crippen LogP contribution >= 0.6 is 0 Å². The number of benzene rings is 1. The van der Waals surface area contributed by atoms with Crippen LogP contribution in [0.5, 0.6) is 5.75 Å². The summed E-state index contributed by atoms with van der Waals surface area (Å²) in [6.07, 6.45) is 7.68. The maximum absolute atomic E-state index is 5.75. The van der Waals surface area contributed by atoms with Crippen molar-refractivity contribution in [3.05, 3.63) is 42.5 Å². The predicted molar refractivity (Wildman–Crippen MR) is 107 cm³/mol. The molecule has 0 saturated heterocycles. The summed E-state index contributed by atoms with van der Waals surface area (Å²) < 4.78 is 7.82. The molecule has 2 N–H and O–H groups in total. The van der Waals surface area contributed by atoms with Crippen LogP contribution in [0.1, 0.15) is 38.4 Å². The number of aryl methyl sites for hydroxylation is 1. The lowest BCUT2D eigenvalue weighted by molar-refractivity contribution is 0.321. The molecule has 0 aliphatic heterocycles. The molecule has 7 nitrogen and oxygen atoms in total. The first-order valence-electron chi connectivity index (χ1n) is 9.94. The number of nitrogens with zero attached hydrogens (tertiary/aromatic N) is 4. The fourth-order valence-electron chi connectivity index (χ4n) is 3.28. The minimum absolute atomic E-state index is 0.521. The van der Waals surface area contributed by atoms with Crippen LogP contribution in [0.4, 0.5) is 0 Å². The van der Waals surface area contributed by atoms with Gasteiger partial charge in [0.25, 0.3) is 0 Å². The van der Waals surface area contributed by atoms with Gasteiger partial charge in [-0.1, -0.05) is 38.0 Å². The number of rotatable bonds is 9. The summed E-state index contributed by atoms with van der Waals surface area (Å²) in [4.78, 5) is 4.74. The van der Waals surface area contributed by atoms with E-state index >= 15 is 0 Å². The van der Waals surface area contributed by atoms with Gasteiger partial charge in [-0.25, -0.2) is 0 Å². The molecular weight excluding hydrogens is 340 g/mol. The monoisotopic (exact) mass is 370 g/mol. The minimum atomic E-state index is 0.521. The zero-order valence-corrected chi connectivity index (χ0v) is 16.1. The fraction of sp³-hybridized carbons (Fsp3) is 0.550. The van der Waals surface area contributed by atoms with Crippen molar-refractivity contribution in [1.82, 2.24) is 25.4 Å². The largest absolute Gasteiger partial charge is 0.492 e. The van der Waals surface area contributed by atoms with Gasteiger partial charge in [0, 0.05) is 19.0 Å². The van der Waals surface area contributed by atoms with Gasteiger partial charge in [-0.3, -0.25) is 4.99 Å². The van der Waals surface area contributed by atoms with Gasteiger partial charge in [-0.05, 0) is 25.0 Å². The van der Waals surface area contributed by atoms with Crippen molar-refractivity contribution in [2.75, 3.05) is 19.7 Å². The Hall–Kier alpha value is -2.57. The molecule has 1 aliphatic rings. The van der Waals surface area contributed by atoms with Crippen molar-refractivity contribution in [2.24, 2.45) is 4.99 Å². The number of hydrogen-bond donors (Lipinski definition) is 2. The van der Waals surface area contributed by atoms with Crippen LogP contribution in [-0.4, -0.2) is 46.5 Å². The zero-order valence-electron chi connectivity index (χ0n) is 16.1. The van der Waals surface area contributed by atoms with Crippen LogP contribution in [0.3, 0.4) is 0 Å². The van der Waals surface area contributed by atoms with E-state index < -0.39 is 0 Å². The predicted octanol–water partition coefficient (Wildman–Crippen LogP) is 2.40. The van der Waals surface area contributed by atoms with Gasteiger partial charge in [0.1, 0.15) is 24.5 Å². The first-order valence-corrected chi connectivity index (χ1v) is 9.94. The normalized spacial score (nSPS) is 15.1. The van der Waals surface area contributed by atoms with E-state index in [0.29, 0.717) is 25.7 Å². The molecule has 0 radical (unpaired) electrons. The van der Waals surface area contributed by atoms with Crippen LogP contribution in [0.15, 0.2) is 41.7 Å². The van der Waals surface area contributed by atoms with Crippen molar-refractivity contribution in [3.8, 4) is 5.75 Å². The Labute approximate surface area is 161 Å². The average Bonchev–Trinajstić information content (AvgIpc) is 3.37. The van der Waals surface area contributed by atoms with Crippen molar-refractivity contribution in [1.29, 1.82) is 0 Å². The second-order valence-corrected chi connectivity index (χ2v) is 6.74. The third kappa shape index (κ3) is 6.27. The summed E-state index contributed by atoms with van der Waals surface area (Å²) in [6, 6.07) is 10.4. The summed E-state index contributed by atoms with van der Waals surface area (Å²) in [5.74, 6) is 2.76. The Morgan fingerprint density at radius 1 is 1.26 bits per heavy atom. The average molecular weight is 371 g/mol. The standard InChI is InChI=1S/C20H30N6O/c1-2-19-25-23-16-26(19)14-12-21-20(24-17-8-6-7-9-17)22-13-15-27-18-10-4-3-5-11-18/h3-5,10-11,16-17H,2,6-9,12-15H2,1H3,(H2,21,22,24). The minimum Gasteiger partial charge on any atom is -0.492 e. The molecule has 27 heavy (non-hydrogen) atoms. The molecular formula is C20H30N6O. The van der Waals surface area contributed by atoms with Crippen LogP contribution in [-0.2, 0) is 13.0 Å². The molecule has 1 heterocycles. The molecule has 0 unspecified atom stereocenters. The number of aliphatic imine (C=N–C) groups is 1. The highest BCUT2D eigenvalue weighted by molar-refractivity contribution is 5.80. The highest BCUT2D eigenvalue weighted by Gasteiger charge is 2.16. The molecule has 0 amide bonds. The van der Waals surface area contributed by atoms with E-state index in [4.69, 9.17) is 9.73 Å². The van der Waals surface area contributed by atoms with Gasteiger partial charge in [-0.15, -0.1) is 10.2 Å². The van der Waals surface area contributed by atoms with Crippen LogP contribution in [0, 0.1) is 0 Å². The molecule has 1 fully saturated rings. The summed E-state index contributed by atoms with van der Waals surface area (Å²) in [7, 11) is 0. The Morgan fingerprint density at radius 3 is 2.85 bits per heavy atom. The summed E-state index contributed by atoms with van der Waals surface area (Å²) in [6.45, 7) is 4.87. The van der Waals surface area contributed by atoms with E-state index in [2.05, 4.69) is 32.3 Å². The van der Waals surface area contributed by atoms with Crippen molar-refractivity contribution >= 4 is 5.96 Å². The fourth-order valence-corrected chi connectivity index (χ4v) is 3.28. The quantitative estimate of drug-likeness (QED) is 0.403. The Balaban J connectivity index is 1.48. The first kappa shape index (κ1) is 19.2. The van der Waals surface area contributed by atoms with E-state index in [1.807, 2.05) is 30.3 Å². The lowest BCUT2D eigenvalue weighted by Gasteiger charge is -2.17. The van der Waals surface area contributed by atoms with Gasteiger partial charge >= 0.3 is 0 Å². The number of para-hydroxylation sites is 1. The molecule has 2 aromatic rings. The van der Waals surface area contributed by atoms with E-state index in [1.54, 1.807) is 6.33 Å². The van der Waals surface area contributed by atoms with Gasteiger partial charge in [0.2, 0.25) is 0 Å². The van der Waals surface area contributed by atoms with Crippen LogP contribution in [0.2, 0.25) is 0 Å². The summed E-state index contributed by atoms with van der Waals surface area (Å²) in [5, 5.41) is 15.1. The highest BCUT2D eigenvalue weighted by atomic mass is 16.5. The maximum atomic E-state index is 5.75. The number of nitrogens with one attached hydrogen (secondary N) is 2. The van der Waals surface area contributed by atoms with E-state index in [-0.39, 0.29) is 0 Å². The smallest absolute Gasteiger partial charge is 0.191 e. The Morgan fingerprint density at radius 2 is 2.07 bits per heavy atom. The second kappa shape index (κ2) is 10.5. The second-order valence-electron chi connectivity index (χ2n) is 6.74. The van der Waals surface area contributed by atoms with Crippen molar-refractivity contribution in [3.63, 3.8) is 0 Å². The zero-order chi connectivity index (χ0) is 18.7. The third-order valence-corrected chi connectivity index (χ3v) is 4.73. The van der Waals surface area contributed by atoms with E-state index in [1.165, 1.54) is 25.7 Å². The van der Waals surface area contributed by atoms with Gasteiger partial charge in [0.15, 0.2) is 5.96 Å². The van der Waals surface area contributed by atoms with E-state index in [0.717, 1.165) is 30.5 Å². The molecule has 0 bridgehead atoms. The number of guanidine groups is 1. The van der Waals surface area contributed by atoms with Crippen LogP contribution < -0.4 is 15.4 Å². The summed E-state index contributed by atoms with van der Waals surface area (Å²) in [5.41, 5.74) is 0. The molecule has 146 valence electrons. The van der Waals surface area contributed by atoms with Gasteiger partial charge in [0.05, 0.1) is 13.1 Å². The number of ether oxygens (including phenoxy) is 1. The lowest BCUT2D eigenvalue weighted by atomic mass is 10.2. The van der Waals surface area contributed by atoms with Crippen molar-refractivity contribution in [2.45, 2.75) is 51.6 Å². The van der Waals surface area contributed by atoms with Gasteiger partial charge in [-0.2, -0.15) is 0 Å². The molecule has 1 saturated carbocycles. The number of aromatic nitrogens is 3. The molecule has 7 heteroatoms. The SMILES string of the molecule is CCc1nncn1CCN=C(NCCOc1ccccc1)NC1CCCC1. The topological polar surface area (TPSA) is 76.4 Å². The molecule has 1 aromatic carbocycles. The Bertz CT molecular complexity index is 694. The third-order valence-electron chi connectivity index (χ3n) is 4.73. The number of hydrogen-bond acceptors (Lipinski definition) is 4. The molecule has 0 spiro atoms. The lowest BCUT2D eigenvalue weighted by Crippen LogP contribution is -2.44. The highest BCUT2D eigenvalue weighted by Crippen LogP contribution is 2.17. The van der Waals surface area contributed by atoms with Crippen LogP contribution in [0.25, 0.3) is 0 Å². The Kier molecular flexibility index (Phi) is 7.50. The molecule has 1 aliphatic carbocycles. The van der Waals surface area contributed by atoms with Gasteiger partial charge < -0.3 is 19.9 Å².